The number of nitrogens with zero attached hydrogens (tertiary/aromatic N) is 2. The first-order valence-corrected chi connectivity index (χ1v) is 16.7. The molecule has 0 aliphatic carbocycles. The van der Waals surface area contributed by atoms with E-state index in [1.807, 2.05) is 12.2 Å². The van der Waals surface area contributed by atoms with Crippen molar-refractivity contribution in [1.82, 2.24) is 4.57 Å². The van der Waals surface area contributed by atoms with Crippen molar-refractivity contribution < 1.29 is 0 Å². The summed E-state index contributed by atoms with van der Waals surface area (Å²) in [5.74, 6) is 0. The molecule has 2 nitrogen and oxygen atoms in total. The molecule has 7 aromatic carbocycles. The fraction of sp³-hybridized carbons (Fsp3) is 0.0213. The van der Waals surface area contributed by atoms with Crippen molar-refractivity contribution >= 4 is 55.2 Å². The van der Waals surface area contributed by atoms with Gasteiger partial charge >= 0.3 is 0 Å². The van der Waals surface area contributed by atoms with Gasteiger partial charge in [-0.25, -0.2) is 0 Å². The van der Waals surface area contributed by atoms with Crippen molar-refractivity contribution in [2.75, 3.05) is 4.90 Å². The zero-order chi connectivity index (χ0) is 33.2. The predicted octanol–water partition coefficient (Wildman–Crippen LogP) is 13.2. The molecule has 0 fully saturated rings. The number of anilines is 3. The summed E-state index contributed by atoms with van der Waals surface area (Å²) in [6.45, 7) is 5.94. The Morgan fingerprint density at radius 1 is 0.551 bits per heavy atom. The largest absolute Gasteiger partial charge is 0.310 e. The Hall–Kier alpha value is -6.38. The van der Waals surface area contributed by atoms with Crippen LogP contribution < -0.4 is 4.90 Å². The van der Waals surface area contributed by atoms with Gasteiger partial charge in [0.15, 0.2) is 0 Å². The average Bonchev–Trinajstić information content (AvgIpc) is 3.51. The maximum atomic E-state index is 3.79. The summed E-state index contributed by atoms with van der Waals surface area (Å²) in [6.07, 6.45) is 7.91. The van der Waals surface area contributed by atoms with Gasteiger partial charge in [0.2, 0.25) is 0 Å². The number of allylic oxidation sites excluding steroid dienone is 5. The molecule has 2 heteroatoms. The van der Waals surface area contributed by atoms with Crippen molar-refractivity contribution in [2.24, 2.45) is 0 Å². The minimum atomic E-state index is 1.10. The average molecular weight is 629 g/mol. The third-order valence-electron chi connectivity index (χ3n) is 9.32. The Kier molecular flexibility index (Phi) is 7.97. The van der Waals surface area contributed by atoms with Crippen LogP contribution in [0.1, 0.15) is 12.5 Å². The molecule has 0 unspecified atom stereocenters. The SMILES string of the molecule is C=C/C=C\C=C(/C)c1ccc(N(c2ccc(-c3ccccc3)cc2)c2cccc3ccc4c(c5ccccc5n4-c4ccccc4)c23)cc1. The highest BCUT2D eigenvalue weighted by Gasteiger charge is 2.21. The van der Waals surface area contributed by atoms with Gasteiger partial charge in [0.25, 0.3) is 0 Å². The van der Waals surface area contributed by atoms with Gasteiger partial charge in [-0.1, -0.05) is 140 Å². The van der Waals surface area contributed by atoms with E-state index in [1.54, 1.807) is 6.08 Å². The van der Waals surface area contributed by atoms with Crippen molar-refractivity contribution in [3.05, 3.63) is 200 Å². The third kappa shape index (κ3) is 5.54. The summed E-state index contributed by atoms with van der Waals surface area (Å²) in [6, 6.07) is 59.1. The van der Waals surface area contributed by atoms with E-state index in [2.05, 4.69) is 193 Å². The third-order valence-corrected chi connectivity index (χ3v) is 9.32. The van der Waals surface area contributed by atoms with E-state index < -0.39 is 0 Å². The molecule has 0 amide bonds. The first kappa shape index (κ1) is 30.0. The number of aromatic nitrogens is 1. The normalized spacial score (nSPS) is 11.9. The van der Waals surface area contributed by atoms with Crippen LogP contribution in [0.15, 0.2) is 195 Å². The lowest BCUT2D eigenvalue weighted by Crippen LogP contribution is -2.10. The van der Waals surface area contributed by atoms with Crippen molar-refractivity contribution in [1.29, 1.82) is 0 Å². The smallest absolute Gasteiger partial charge is 0.0548 e. The first-order chi connectivity index (χ1) is 24.2. The maximum Gasteiger partial charge on any atom is 0.0548 e. The lowest BCUT2D eigenvalue weighted by molar-refractivity contribution is 1.18. The zero-order valence-corrected chi connectivity index (χ0v) is 27.5. The topological polar surface area (TPSA) is 8.17 Å². The van der Waals surface area contributed by atoms with Gasteiger partial charge in [-0.2, -0.15) is 0 Å². The quantitative estimate of drug-likeness (QED) is 0.152. The molecule has 0 aliphatic rings. The van der Waals surface area contributed by atoms with E-state index in [0.29, 0.717) is 0 Å². The molecule has 0 saturated heterocycles. The second-order valence-corrected chi connectivity index (χ2v) is 12.3. The molecular formula is C47H36N2. The van der Waals surface area contributed by atoms with Gasteiger partial charge in [0, 0.05) is 33.2 Å². The molecule has 0 N–H and O–H groups in total. The number of fused-ring (bicyclic) bond motifs is 5. The second kappa shape index (κ2) is 13.0. The molecule has 0 saturated carbocycles. The molecule has 0 radical (unpaired) electrons. The Balaban J connectivity index is 1.38. The molecule has 1 aromatic heterocycles. The van der Waals surface area contributed by atoms with E-state index in [-0.39, 0.29) is 0 Å². The molecule has 234 valence electrons. The van der Waals surface area contributed by atoms with Crippen LogP contribution >= 0.6 is 0 Å². The molecule has 49 heavy (non-hydrogen) atoms. The molecule has 0 aliphatic heterocycles. The highest BCUT2D eigenvalue weighted by Crippen LogP contribution is 2.45. The summed E-state index contributed by atoms with van der Waals surface area (Å²) in [5.41, 5.74) is 11.7. The molecule has 0 spiro atoms. The summed E-state index contributed by atoms with van der Waals surface area (Å²) in [7, 11) is 0. The fourth-order valence-corrected chi connectivity index (χ4v) is 6.97. The Morgan fingerprint density at radius 3 is 1.94 bits per heavy atom. The van der Waals surface area contributed by atoms with Crippen LogP contribution in [0.2, 0.25) is 0 Å². The van der Waals surface area contributed by atoms with Gasteiger partial charge in [-0.05, 0) is 89.2 Å². The second-order valence-electron chi connectivity index (χ2n) is 12.3. The zero-order valence-electron chi connectivity index (χ0n) is 27.5. The number of hydrogen-bond acceptors (Lipinski definition) is 1. The van der Waals surface area contributed by atoms with Crippen LogP contribution in [0.25, 0.3) is 55.0 Å². The van der Waals surface area contributed by atoms with Crippen LogP contribution in [0.5, 0.6) is 0 Å². The molecule has 0 atom stereocenters. The highest BCUT2D eigenvalue weighted by atomic mass is 15.1. The van der Waals surface area contributed by atoms with E-state index in [9.17, 15) is 0 Å². The van der Waals surface area contributed by atoms with Crippen LogP contribution in [0.4, 0.5) is 17.1 Å². The molecule has 8 aromatic rings. The van der Waals surface area contributed by atoms with E-state index in [0.717, 1.165) is 22.7 Å². The molecule has 8 rings (SSSR count). The molecule has 0 bridgehead atoms. The number of benzene rings is 7. The Labute approximate surface area is 287 Å². The Morgan fingerprint density at radius 2 is 1.20 bits per heavy atom. The predicted molar refractivity (Wildman–Crippen MR) is 211 cm³/mol. The summed E-state index contributed by atoms with van der Waals surface area (Å²) in [4.78, 5) is 2.41. The van der Waals surface area contributed by atoms with Gasteiger partial charge in [-0.3, -0.25) is 0 Å². The van der Waals surface area contributed by atoms with Gasteiger partial charge in [0.1, 0.15) is 0 Å². The first-order valence-electron chi connectivity index (χ1n) is 16.7. The van der Waals surface area contributed by atoms with Crippen LogP contribution in [0, 0.1) is 0 Å². The van der Waals surface area contributed by atoms with E-state index >= 15 is 0 Å². The van der Waals surface area contributed by atoms with E-state index in [1.165, 1.54) is 54.8 Å². The molecular weight excluding hydrogens is 593 g/mol. The number of para-hydroxylation sites is 2. The monoisotopic (exact) mass is 628 g/mol. The van der Waals surface area contributed by atoms with Crippen molar-refractivity contribution in [3.8, 4) is 16.8 Å². The fourth-order valence-electron chi connectivity index (χ4n) is 6.97. The van der Waals surface area contributed by atoms with Gasteiger partial charge in [0.05, 0.1) is 16.7 Å². The van der Waals surface area contributed by atoms with Gasteiger partial charge < -0.3 is 9.47 Å². The van der Waals surface area contributed by atoms with Crippen LogP contribution in [-0.4, -0.2) is 4.57 Å². The highest BCUT2D eigenvalue weighted by molar-refractivity contribution is 6.25. The standard InChI is InChI=1S/C47H36N2/c1-3-4-7-15-34(2)35-24-29-40(30-25-35)48(41-31-26-37(27-32-41)36-16-8-5-9-17-36)44-23-14-18-38-28-33-45-47(46(38)44)42-21-12-13-22-43(42)49(45)39-19-10-6-11-20-39/h3-33H,1H2,2H3/b7-4-,34-15+. The lowest BCUT2D eigenvalue weighted by atomic mass is 9.99. The van der Waals surface area contributed by atoms with Crippen molar-refractivity contribution in [3.63, 3.8) is 0 Å². The summed E-state index contributed by atoms with van der Waals surface area (Å²) >= 11 is 0. The summed E-state index contributed by atoms with van der Waals surface area (Å²) in [5, 5.41) is 4.93. The lowest BCUT2D eigenvalue weighted by Gasteiger charge is -2.27. The number of rotatable bonds is 8. The van der Waals surface area contributed by atoms with Gasteiger partial charge in [-0.15, -0.1) is 0 Å². The van der Waals surface area contributed by atoms with Crippen LogP contribution in [-0.2, 0) is 0 Å². The maximum absolute atomic E-state index is 3.79. The number of hydrogen-bond donors (Lipinski definition) is 0. The van der Waals surface area contributed by atoms with E-state index in [4.69, 9.17) is 0 Å². The molecule has 1 heterocycles. The van der Waals surface area contributed by atoms with Crippen LogP contribution in [0.3, 0.4) is 0 Å². The summed E-state index contributed by atoms with van der Waals surface area (Å²) < 4.78 is 2.39. The Bertz CT molecular complexity index is 2480. The minimum absolute atomic E-state index is 1.10. The van der Waals surface area contributed by atoms with Crippen molar-refractivity contribution in [2.45, 2.75) is 6.92 Å². The minimum Gasteiger partial charge on any atom is -0.310 e.